The number of nitrogens with zero attached hydrogens (tertiary/aromatic N) is 3. The molecule has 3 rings (SSSR count). The Bertz CT molecular complexity index is 813. The minimum Gasteiger partial charge on any atom is -0.322 e. The molecule has 0 bridgehead atoms. The monoisotopic (exact) mass is 394 g/mol. The smallest absolute Gasteiger partial charge is 0.321 e. The van der Waals surface area contributed by atoms with E-state index >= 15 is 0 Å². The maximum Gasteiger partial charge on any atom is 0.321 e. The van der Waals surface area contributed by atoms with Gasteiger partial charge in [0.15, 0.2) is 0 Å². The number of nitriles is 1. The molecule has 1 heterocycles. The molecule has 5 nitrogen and oxygen atoms in total. The molecular weight excluding hydrogens is 368 g/mol. The first kappa shape index (κ1) is 20.2. The normalized spacial score (nSPS) is 15.6. The molecule has 28 heavy (non-hydrogen) atoms. The van der Waals surface area contributed by atoms with Crippen LogP contribution < -0.4 is 5.32 Å². The molecule has 0 aliphatic carbocycles. The number of benzene rings is 2. The zero-order chi connectivity index (χ0) is 19.8. The molecule has 1 fully saturated rings. The quantitative estimate of drug-likeness (QED) is 0.743. The molecule has 2 amide bonds. The second kappa shape index (κ2) is 10.2. The summed E-state index contributed by atoms with van der Waals surface area (Å²) in [6.45, 7) is 6.02. The number of carbonyl (C=O) groups excluding carboxylic acids is 1. The highest BCUT2D eigenvalue weighted by atomic mass is 32.2. The highest BCUT2D eigenvalue weighted by Gasteiger charge is 2.21. The summed E-state index contributed by atoms with van der Waals surface area (Å²) in [7, 11) is 0. The van der Waals surface area contributed by atoms with Gasteiger partial charge < -0.3 is 10.2 Å². The van der Waals surface area contributed by atoms with Gasteiger partial charge in [0.2, 0.25) is 0 Å². The summed E-state index contributed by atoms with van der Waals surface area (Å²) in [5.74, 6) is 0.688. The molecule has 0 aromatic heterocycles. The third-order valence-electron chi connectivity index (χ3n) is 4.75. The predicted molar refractivity (Wildman–Crippen MR) is 114 cm³/mol. The van der Waals surface area contributed by atoms with Crippen molar-refractivity contribution in [3.8, 4) is 6.07 Å². The fourth-order valence-electron chi connectivity index (χ4n) is 3.09. The summed E-state index contributed by atoms with van der Waals surface area (Å²) in [4.78, 5) is 18.0. The zero-order valence-corrected chi connectivity index (χ0v) is 17.0. The van der Waals surface area contributed by atoms with E-state index in [1.807, 2.05) is 42.2 Å². The van der Waals surface area contributed by atoms with E-state index in [-0.39, 0.29) is 11.9 Å². The lowest BCUT2D eigenvalue weighted by molar-refractivity contribution is 0.143. The summed E-state index contributed by atoms with van der Waals surface area (Å²) in [5.41, 5.74) is 2.12. The molecule has 0 spiro atoms. The number of urea groups is 1. The maximum absolute atomic E-state index is 12.7. The van der Waals surface area contributed by atoms with E-state index in [1.54, 1.807) is 11.8 Å². The van der Waals surface area contributed by atoms with Crippen LogP contribution in [0, 0.1) is 17.2 Å². The number of hydrogen-bond donors (Lipinski definition) is 1. The van der Waals surface area contributed by atoms with E-state index in [9.17, 15) is 4.79 Å². The Labute approximate surface area is 171 Å². The summed E-state index contributed by atoms with van der Waals surface area (Å²) in [6.07, 6.45) is 0. The van der Waals surface area contributed by atoms with E-state index < -0.39 is 0 Å². The Hall–Kier alpha value is -2.49. The van der Waals surface area contributed by atoms with Crippen LogP contribution in [0.1, 0.15) is 12.5 Å². The zero-order valence-electron chi connectivity index (χ0n) is 16.2. The van der Waals surface area contributed by atoms with Gasteiger partial charge in [-0.1, -0.05) is 42.5 Å². The van der Waals surface area contributed by atoms with Crippen LogP contribution in [0.4, 0.5) is 10.5 Å². The van der Waals surface area contributed by atoms with E-state index in [0.29, 0.717) is 5.75 Å². The summed E-state index contributed by atoms with van der Waals surface area (Å²) in [5, 5.41) is 12.0. The molecule has 2 aromatic carbocycles. The number of piperazine rings is 1. The molecule has 1 aliphatic rings. The number of para-hydroxylation sites is 1. The molecule has 6 heteroatoms. The molecule has 2 aromatic rings. The fraction of sp³-hybridized carbons (Fsp3) is 0.364. The van der Waals surface area contributed by atoms with Crippen LogP contribution in [0.5, 0.6) is 0 Å². The summed E-state index contributed by atoms with van der Waals surface area (Å²) >= 11 is 1.61. The van der Waals surface area contributed by atoms with Gasteiger partial charge >= 0.3 is 6.03 Å². The van der Waals surface area contributed by atoms with Crippen molar-refractivity contribution in [2.24, 2.45) is 5.92 Å². The largest absolute Gasteiger partial charge is 0.322 e. The Morgan fingerprint density at radius 1 is 1.11 bits per heavy atom. The Balaban J connectivity index is 1.51. The Kier molecular flexibility index (Phi) is 7.35. The van der Waals surface area contributed by atoms with Gasteiger partial charge in [-0.3, -0.25) is 4.90 Å². The number of hydrogen-bond acceptors (Lipinski definition) is 4. The second-order valence-electron chi connectivity index (χ2n) is 7.02. The minimum absolute atomic E-state index is 0.0218. The molecule has 1 aliphatic heterocycles. The first-order valence-electron chi connectivity index (χ1n) is 9.59. The minimum atomic E-state index is -0.0549. The average molecular weight is 395 g/mol. The summed E-state index contributed by atoms with van der Waals surface area (Å²) < 4.78 is 0. The van der Waals surface area contributed by atoms with Gasteiger partial charge in [0.25, 0.3) is 0 Å². The molecule has 1 N–H and O–H groups in total. The van der Waals surface area contributed by atoms with Crippen LogP contribution in [0.15, 0.2) is 59.5 Å². The predicted octanol–water partition coefficient (Wildman–Crippen LogP) is 4.29. The maximum atomic E-state index is 12.7. The summed E-state index contributed by atoms with van der Waals surface area (Å²) in [6, 6.07) is 20.4. The Morgan fingerprint density at radius 3 is 2.50 bits per heavy atom. The molecule has 146 valence electrons. The van der Waals surface area contributed by atoms with Gasteiger partial charge in [-0.2, -0.15) is 5.26 Å². The average Bonchev–Trinajstić information content (AvgIpc) is 2.74. The van der Waals surface area contributed by atoms with Crippen molar-refractivity contribution in [2.75, 3.05) is 37.2 Å². The molecular formula is C22H26N4OS. The topological polar surface area (TPSA) is 59.4 Å². The van der Waals surface area contributed by atoms with Crippen molar-refractivity contribution in [1.29, 1.82) is 5.26 Å². The van der Waals surface area contributed by atoms with Gasteiger partial charge in [-0.15, -0.1) is 11.8 Å². The van der Waals surface area contributed by atoms with Crippen molar-refractivity contribution in [2.45, 2.75) is 18.4 Å². The van der Waals surface area contributed by atoms with Crippen molar-refractivity contribution in [3.63, 3.8) is 0 Å². The second-order valence-corrected chi connectivity index (χ2v) is 8.08. The van der Waals surface area contributed by atoms with Crippen LogP contribution in [0.25, 0.3) is 0 Å². The molecule has 0 saturated carbocycles. The van der Waals surface area contributed by atoms with E-state index in [1.165, 1.54) is 5.56 Å². The SMILES string of the molecule is CC(C#N)CSc1ccccc1NC(=O)N1CCN(Cc2ccccc2)CC1. The van der Waals surface area contributed by atoms with Crippen molar-refractivity contribution in [3.05, 3.63) is 60.2 Å². The van der Waals surface area contributed by atoms with Gasteiger partial charge in [0.05, 0.1) is 17.7 Å². The number of nitrogens with one attached hydrogen (secondary N) is 1. The standard InChI is InChI=1S/C22H26N4OS/c1-18(15-23)17-28-21-10-6-5-9-20(21)24-22(27)26-13-11-25(12-14-26)16-19-7-3-2-4-8-19/h2-10,18H,11-14,16-17H2,1H3,(H,24,27). The van der Waals surface area contributed by atoms with Gasteiger partial charge in [0, 0.05) is 43.4 Å². The number of carbonyl (C=O) groups is 1. The third-order valence-corrected chi connectivity index (χ3v) is 6.08. The fourth-order valence-corrected chi connectivity index (χ4v) is 4.05. The number of rotatable bonds is 6. The van der Waals surface area contributed by atoms with Crippen molar-refractivity contribution < 1.29 is 4.79 Å². The number of thioether (sulfide) groups is 1. The number of anilines is 1. The van der Waals surface area contributed by atoms with E-state index in [4.69, 9.17) is 5.26 Å². The lowest BCUT2D eigenvalue weighted by Crippen LogP contribution is -2.49. The Morgan fingerprint density at radius 2 is 1.79 bits per heavy atom. The van der Waals surface area contributed by atoms with Crippen LogP contribution >= 0.6 is 11.8 Å². The molecule has 1 unspecified atom stereocenters. The van der Waals surface area contributed by atoms with Crippen LogP contribution in [-0.2, 0) is 6.54 Å². The van der Waals surface area contributed by atoms with Gasteiger partial charge in [-0.05, 0) is 24.6 Å². The van der Waals surface area contributed by atoms with E-state index in [0.717, 1.165) is 43.3 Å². The van der Waals surface area contributed by atoms with Crippen molar-refractivity contribution >= 4 is 23.5 Å². The van der Waals surface area contributed by atoms with Crippen LogP contribution in [0.2, 0.25) is 0 Å². The lowest BCUT2D eigenvalue weighted by Gasteiger charge is -2.34. The van der Waals surface area contributed by atoms with Crippen LogP contribution in [0.3, 0.4) is 0 Å². The van der Waals surface area contributed by atoms with E-state index in [2.05, 4.69) is 40.6 Å². The highest BCUT2D eigenvalue weighted by Crippen LogP contribution is 2.28. The molecule has 0 radical (unpaired) electrons. The van der Waals surface area contributed by atoms with Gasteiger partial charge in [-0.25, -0.2) is 4.79 Å². The van der Waals surface area contributed by atoms with Crippen molar-refractivity contribution in [1.82, 2.24) is 9.80 Å². The van der Waals surface area contributed by atoms with Gasteiger partial charge in [0.1, 0.15) is 0 Å². The highest BCUT2D eigenvalue weighted by molar-refractivity contribution is 7.99. The number of amides is 2. The first-order valence-corrected chi connectivity index (χ1v) is 10.6. The lowest BCUT2D eigenvalue weighted by atomic mass is 10.2. The van der Waals surface area contributed by atoms with Crippen LogP contribution in [-0.4, -0.2) is 47.8 Å². The third kappa shape index (κ3) is 5.75. The molecule has 1 saturated heterocycles. The molecule has 1 atom stereocenters. The first-order chi connectivity index (χ1) is 13.7.